The van der Waals surface area contributed by atoms with Crippen molar-refractivity contribution in [3.8, 4) is 21.4 Å². The fraction of sp³-hybridized carbons (Fsp3) is 0.593. The van der Waals surface area contributed by atoms with Crippen LogP contribution in [0.2, 0.25) is 0 Å². The molecule has 0 radical (unpaired) electrons. The van der Waals surface area contributed by atoms with Crippen LogP contribution in [-0.4, -0.2) is 80.8 Å². The monoisotopic (exact) mass is 1210 g/mol. The number of aromatic nitrogens is 5. The lowest BCUT2D eigenvalue weighted by Crippen LogP contribution is -2.27. The molecule has 6 heterocycles. The molecule has 1 aliphatic heterocycles. The van der Waals surface area contributed by atoms with E-state index in [9.17, 15) is 38.4 Å². The molecular formula is C59H100N6O10S5. The van der Waals surface area contributed by atoms with Crippen LogP contribution in [0.15, 0.2) is 32.4 Å². The summed E-state index contributed by atoms with van der Waals surface area (Å²) >= 11 is 6.49. The molecule has 0 unspecified atom stereocenters. The molecule has 3 aliphatic rings. The highest BCUT2D eigenvalue weighted by molar-refractivity contribution is 8.13. The van der Waals surface area contributed by atoms with Gasteiger partial charge in [-0.1, -0.05) is 135 Å². The Hall–Kier alpha value is -5.09. The molecule has 0 atom stereocenters. The van der Waals surface area contributed by atoms with Crippen molar-refractivity contribution in [3.63, 3.8) is 0 Å². The number of pyridine rings is 1. The molecule has 5 aromatic heterocycles. The summed E-state index contributed by atoms with van der Waals surface area (Å²) in [7, 11) is 0. The van der Waals surface area contributed by atoms with Crippen LogP contribution in [0, 0.1) is 17.3 Å². The summed E-state index contributed by atoms with van der Waals surface area (Å²) in [5.74, 6) is -0.402. The Labute approximate surface area is 500 Å². The SMILES string of the molecule is C.C.C.C.C.C.C.C.C.C.C.CC(C)CCc1c2c(cc(=O)n1Cc1nc(-c3nc(C(=O)O)cs3)cs1)C1(CC1)NC2=O.CC1(C(=O)CC(=O)CCc2nc(-c3nc(C(=O)O)cs3)cs2)CC1.CCSC(=O)CC(=O)CCC(C)C. The number of thiazole rings is 4. The van der Waals surface area contributed by atoms with Gasteiger partial charge in [-0.05, 0) is 68.1 Å². The molecular weight excluding hydrogens is 1110 g/mol. The Bertz CT molecular complexity index is 2800. The molecule has 2 fully saturated rings. The molecule has 8 rings (SSSR count). The van der Waals surface area contributed by atoms with E-state index in [0.29, 0.717) is 69.5 Å². The molecule has 1 amide bonds. The maximum atomic E-state index is 13.2. The first-order chi connectivity index (χ1) is 32.7. The number of nitrogens with zero attached hydrogens (tertiary/aromatic N) is 5. The van der Waals surface area contributed by atoms with E-state index in [1.807, 2.05) is 19.2 Å². The van der Waals surface area contributed by atoms with Gasteiger partial charge in [0.15, 0.2) is 16.5 Å². The number of hydrogen-bond donors (Lipinski definition) is 3. The first-order valence-corrected chi connectivity index (χ1v) is 27.3. The van der Waals surface area contributed by atoms with Gasteiger partial charge in [0.2, 0.25) is 0 Å². The van der Waals surface area contributed by atoms with Crippen molar-refractivity contribution in [1.82, 2.24) is 29.8 Å². The second-order valence-electron chi connectivity index (χ2n) is 18.4. The van der Waals surface area contributed by atoms with Gasteiger partial charge in [0.25, 0.3) is 11.5 Å². The van der Waals surface area contributed by atoms with E-state index in [1.54, 1.807) is 16.0 Å². The zero-order valence-corrected chi connectivity index (χ0v) is 43.5. The van der Waals surface area contributed by atoms with Crippen molar-refractivity contribution in [2.24, 2.45) is 17.3 Å². The number of rotatable bonds is 21. The lowest BCUT2D eigenvalue weighted by molar-refractivity contribution is -0.130. The minimum Gasteiger partial charge on any atom is -0.476 e. The van der Waals surface area contributed by atoms with Crippen LogP contribution in [0.5, 0.6) is 0 Å². The highest BCUT2D eigenvalue weighted by Crippen LogP contribution is 2.50. The van der Waals surface area contributed by atoms with Gasteiger partial charge in [0, 0.05) is 58.0 Å². The number of fused-ring (bicyclic) bond motifs is 2. The van der Waals surface area contributed by atoms with Crippen LogP contribution in [0.1, 0.15) is 240 Å². The number of aromatic carboxylic acids is 2. The third-order valence-electron chi connectivity index (χ3n) is 11.8. The van der Waals surface area contributed by atoms with E-state index in [4.69, 9.17) is 10.2 Å². The molecule has 5 aromatic rings. The number of carboxylic acid groups (broad SMARTS) is 2. The van der Waals surface area contributed by atoms with Gasteiger partial charge in [0.05, 0.1) is 35.5 Å². The van der Waals surface area contributed by atoms with E-state index in [0.717, 1.165) is 60.5 Å². The predicted octanol–water partition coefficient (Wildman–Crippen LogP) is 16.4. The van der Waals surface area contributed by atoms with Gasteiger partial charge in [0.1, 0.15) is 43.8 Å². The largest absolute Gasteiger partial charge is 0.476 e. The maximum absolute atomic E-state index is 13.2. The third-order valence-corrected chi connectivity index (χ3v) is 16.0. The molecule has 0 aromatic carbocycles. The van der Waals surface area contributed by atoms with Gasteiger partial charge >= 0.3 is 11.9 Å². The number of carboxylic acids is 2. The molecule has 1 spiro atoms. The molecule has 456 valence electrons. The van der Waals surface area contributed by atoms with Crippen molar-refractivity contribution < 1.29 is 43.8 Å². The molecule has 0 saturated heterocycles. The van der Waals surface area contributed by atoms with Crippen LogP contribution < -0.4 is 10.9 Å². The van der Waals surface area contributed by atoms with Crippen LogP contribution in [0.25, 0.3) is 21.4 Å². The minimum absolute atomic E-state index is 0. The summed E-state index contributed by atoms with van der Waals surface area (Å²) in [5, 5.41) is 30.2. The number of hydrogen-bond acceptors (Lipinski definition) is 17. The number of aryl methyl sites for hydroxylation is 1. The Balaban J connectivity index is -0.000000258. The Morgan fingerprint density at radius 3 is 1.59 bits per heavy atom. The second-order valence-corrected chi connectivity index (χ2v) is 23.3. The molecule has 3 N–H and O–H groups in total. The van der Waals surface area contributed by atoms with Gasteiger partial charge < -0.3 is 20.1 Å². The summed E-state index contributed by atoms with van der Waals surface area (Å²) in [6, 6.07) is 1.62. The summed E-state index contributed by atoms with van der Waals surface area (Å²) in [6.45, 7) is 12.5. The van der Waals surface area contributed by atoms with E-state index >= 15 is 0 Å². The summed E-state index contributed by atoms with van der Waals surface area (Å²) in [4.78, 5) is 111. The molecule has 21 heteroatoms. The molecule has 16 nitrogen and oxygen atoms in total. The molecule has 2 aliphatic carbocycles. The zero-order chi connectivity index (χ0) is 50.2. The van der Waals surface area contributed by atoms with Crippen LogP contribution in [0.3, 0.4) is 0 Å². The number of amides is 1. The number of ketones is 3. The highest BCUT2D eigenvalue weighted by Gasteiger charge is 2.53. The van der Waals surface area contributed by atoms with Crippen molar-refractivity contribution >= 4 is 97.4 Å². The average molecular weight is 1210 g/mol. The van der Waals surface area contributed by atoms with Gasteiger partial charge in [-0.25, -0.2) is 29.5 Å². The molecule has 2 saturated carbocycles. The zero-order valence-electron chi connectivity index (χ0n) is 39.4. The average Bonchev–Trinajstić information content (AvgIpc) is 3.74. The number of thioether (sulfide) groups is 1. The predicted molar refractivity (Wildman–Crippen MR) is 343 cm³/mol. The Morgan fingerprint density at radius 1 is 0.650 bits per heavy atom. The topological polar surface area (TPSA) is 246 Å². The van der Waals surface area contributed by atoms with E-state index < -0.39 is 11.9 Å². The van der Waals surface area contributed by atoms with Crippen LogP contribution in [0.4, 0.5) is 0 Å². The number of nitrogens with one attached hydrogen (secondary N) is 1. The van der Waals surface area contributed by atoms with Crippen molar-refractivity contribution in [3.05, 3.63) is 76.2 Å². The maximum Gasteiger partial charge on any atom is 0.355 e. The first-order valence-electron chi connectivity index (χ1n) is 22.8. The lowest BCUT2D eigenvalue weighted by atomic mass is 9.97. The van der Waals surface area contributed by atoms with Gasteiger partial charge in [-0.3, -0.25) is 28.8 Å². The van der Waals surface area contributed by atoms with Crippen molar-refractivity contribution in [1.29, 1.82) is 0 Å². The first kappa shape index (κ1) is 86.2. The third kappa shape index (κ3) is 23.0. The smallest absolute Gasteiger partial charge is 0.355 e. The normalized spacial score (nSPS) is 12.6. The van der Waals surface area contributed by atoms with E-state index in [1.165, 1.54) is 67.9 Å². The molecule has 80 heavy (non-hydrogen) atoms. The van der Waals surface area contributed by atoms with Crippen LogP contribution >= 0.6 is 57.1 Å². The standard InChI is InChI=1S/C22H22N4O4S2.C16H16N2O4S2.C10H18O2S.11CH4/c1-11(2)3-4-15-18-12(22(5-6-22)25-19(18)28)7-17(27)26(15)8-16-23-13(9-31-16)20-24-14(10-32-20)21(29)30;1-16(4-5-16)12(20)6-9(19)2-3-13-17-10(7-23-13)14-18-11(8-24-14)15(21)22;1-4-13-10(12)7-9(11)6-5-8(2)3;;;;;;;;;;;/h7,9-11H,3-6,8H2,1-2H3,(H,25,28)(H,29,30);7-8H,2-6H2,1H3,(H,21,22);8H,4-7H2,1-3H3;11*1H4. The number of carbonyl (C=O) groups is 7. The van der Waals surface area contributed by atoms with Crippen LogP contribution in [-0.2, 0) is 44.1 Å². The van der Waals surface area contributed by atoms with Gasteiger partial charge in [-0.15, -0.1) is 45.3 Å². The van der Waals surface area contributed by atoms with Gasteiger partial charge in [-0.2, -0.15) is 0 Å². The second kappa shape index (κ2) is 37.8. The fourth-order valence-corrected chi connectivity index (χ4v) is 11.1. The van der Waals surface area contributed by atoms with Crippen molar-refractivity contribution in [2.45, 2.75) is 212 Å². The summed E-state index contributed by atoms with van der Waals surface area (Å²) < 4.78 is 1.68. The highest BCUT2D eigenvalue weighted by atomic mass is 32.2. The minimum atomic E-state index is -1.07. The number of Topliss-reactive ketones (excluding diaryl/α,β-unsaturated/α-hetero) is 3. The molecule has 0 bridgehead atoms. The summed E-state index contributed by atoms with van der Waals surface area (Å²) in [5.41, 5.74) is 2.80. The number of carbonyl (C=O) groups excluding carboxylic acids is 5. The fourth-order valence-electron chi connectivity index (χ4n) is 7.28. The Kier molecular flexibility index (Phi) is 40.8. The van der Waals surface area contributed by atoms with Crippen molar-refractivity contribution in [2.75, 3.05) is 5.75 Å². The summed E-state index contributed by atoms with van der Waals surface area (Å²) in [6.07, 6.45) is 7.41. The lowest BCUT2D eigenvalue weighted by Gasteiger charge is -2.17. The van der Waals surface area contributed by atoms with E-state index in [2.05, 4.69) is 52.9 Å². The Morgan fingerprint density at radius 2 is 1.14 bits per heavy atom. The quantitative estimate of drug-likeness (QED) is 0.0578. The van der Waals surface area contributed by atoms with E-state index in [-0.39, 0.29) is 157 Å².